The summed E-state index contributed by atoms with van der Waals surface area (Å²) in [4.78, 5) is 29.8. The Balaban J connectivity index is 1.69. The zero-order valence-electron chi connectivity index (χ0n) is 18.3. The van der Waals surface area contributed by atoms with Gasteiger partial charge in [-0.05, 0) is 23.8 Å². The molecule has 0 atom stereocenters. The lowest BCUT2D eigenvalue weighted by atomic mass is 10.1. The number of piperazine rings is 1. The Hall–Kier alpha value is -2.84. The van der Waals surface area contributed by atoms with Gasteiger partial charge in [0.15, 0.2) is 11.5 Å². The van der Waals surface area contributed by atoms with E-state index in [1.54, 1.807) is 44.1 Å². The molecule has 3 aromatic rings. The van der Waals surface area contributed by atoms with Crippen LogP contribution in [0.2, 0.25) is 0 Å². The van der Waals surface area contributed by atoms with Crippen molar-refractivity contribution >= 4 is 27.3 Å². The summed E-state index contributed by atoms with van der Waals surface area (Å²) < 4.78 is 13.4. The molecule has 0 radical (unpaired) electrons. The molecule has 164 valence electrons. The molecule has 0 bridgehead atoms. The monoisotopic (exact) mass is 441 g/mol. The third kappa shape index (κ3) is 4.18. The fourth-order valence-corrected chi connectivity index (χ4v) is 5.25. The fourth-order valence-electron chi connectivity index (χ4n) is 4.03. The molecule has 1 aromatic carbocycles. The van der Waals surface area contributed by atoms with Crippen LogP contribution in [0, 0.1) is 0 Å². The molecule has 3 heterocycles. The summed E-state index contributed by atoms with van der Waals surface area (Å²) in [7, 11) is 5.02. The second-order valence-electron chi connectivity index (χ2n) is 7.77. The van der Waals surface area contributed by atoms with Crippen LogP contribution in [-0.4, -0.2) is 60.7 Å². The van der Waals surface area contributed by atoms with Gasteiger partial charge in [-0.2, -0.15) is 0 Å². The van der Waals surface area contributed by atoms with Gasteiger partial charge < -0.3 is 18.9 Å². The number of ether oxygens (including phenoxy) is 2. The second-order valence-corrected chi connectivity index (χ2v) is 8.90. The smallest absolute Gasteiger partial charge is 0.259 e. The highest BCUT2D eigenvalue weighted by atomic mass is 32.1. The summed E-state index contributed by atoms with van der Waals surface area (Å²) in [5.74, 6) is 1.45. The molecule has 0 spiro atoms. The number of hydrogen-bond acceptors (Lipinski definition) is 6. The number of thiophene rings is 1. The molecule has 8 heteroatoms. The van der Waals surface area contributed by atoms with Gasteiger partial charge in [0.25, 0.3) is 5.56 Å². The van der Waals surface area contributed by atoms with E-state index in [4.69, 9.17) is 9.47 Å². The third-order valence-corrected chi connectivity index (χ3v) is 6.95. The molecule has 1 saturated heterocycles. The average molecular weight is 442 g/mol. The molecule has 1 aliphatic heterocycles. The molecule has 4 rings (SSSR count). The van der Waals surface area contributed by atoms with Crippen LogP contribution < -0.4 is 15.0 Å². The standard InChI is InChI=1S/C23H27N3O4S/c1-15(27)26-9-7-25(8-10-26)13-17-12-18-22(31-17)19(14-24(2)23(18)28)16-5-6-20(29-3)21(11-16)30-4/h5-6,11-12,14H,7-10,13H2,1-4H3. The lowest BCUT2D eigenvalue weighted by Gasteiger charge is -2.33. The molecule has 0 aliphatic carbocycles. The van der Waals surface area contributed by atoms with Gasteiger partial charge in [0.05, 0.1) is 19.6 Å². The molecule has 1 aliphatic rings. The Bertz CT molecular complexity index is 1180. The topological polar surface area (TPSA) is 64.0 Å². The van der Waals surface area contributed by atoms with Crippen molar-refractivity contribution in [1.29, 1.82) is 0 Å². The van der Waals surface area contributed by atoms with Crippen LogP contribution >= 0.6 is 11.3 Å². The van der Waals surface area contributed by atoms with Gasteiger partial charge >= 0.3 is 0 Å². The first-order valence-electron chi connectivity index (χ1n) is 10.2. The zero-order valence-corrected chi connectivity index (χ0v) is 19.1. The number of fused-ring (bicyclic) bond motifs is 1. The summed E-state index contributed by atoms with van der Waals surface area (Å²) in [5, 5.41) is 0.733. The van der Waals surface area contributed by atoms with E-state index in [0.717, 1.165) is 58.8 Å². The van der Waals surface area contributed by atoms with Crippen LogP contribution in [0.15, 0.2) is 35.3 Å². The number of carbonyl (C=O) groups is 1. The first-order chi connectivity index (χ1) is 14.9. The number of hydrogen-bond donors (Lipinski definition) is 0. The molecule has 31 heavy (non-hydrogen) atoms. The Morgan fingerprint density at radius 1 is 1.06 bits per heavy atom. The lowest BCUT2D eigenvalue weighted by molar-refractivity contribution is -0.130. The Morgan fingerprint density at radius 2 is 1.77 bits per heavy atom. The van der Waals surface area contributed by atoms with Gasteiger partial charge in [-0.3, -0.25) is 14.5 Å². The maximum Gasteiger partial charge on any atom is 0.259 e. The summed E-state index contributed by atoms with van der Waals surface area (Å²) >= 11 is 1.66. The summed E-state index contributed by atoms with van der Waals surface area (Å²) in [6.45, 7) is 5.58. The van der Waals surface area contributed by atoms with Crippen molar-refractivity contribution in [2.24, 2.45) is 7.05 Å². The minimum Gasteiger partial charge on any atom is -0.493 e. The molecule has 0 saturated carbocycles. The molecular formula is C23H27N3O4S. The maximum atomic E-state index is 12.8. The highest BCUT2D eigenvalue weighted by Crippen LogP contribution is 2.37. The van der Waals surface area contributed by atoms with Crippen LogP contribution in [0.3, 0.4) is 0 Å². The highest BCUT2D eigenvalue weighted by molar-refractivity contribution is 7.19. The van der Waals surface area contributed by atoms with Crippen LogP contribution in [0.1, 0.15) is 11.8 Å². The van der Waals surface area contributed by atoms with Gasteiger partial charge in [-0.15, -0.1) is 11.3 Å². The van der Waals surface area contributed by atoms with Crippen molar-refractivity contribution < 1.29 is 14.3 Å². The number of aryl methyl sites for hydroxylation is 1. The number of pyridine rings is 1. The lowest BCUT2D eigenvalue weighted by Crippen LogP contribution is -2.47. The Morgan fingerprint density at radius 3 is 2.42 bits per heavy atom. The number of benzene rings is 1. The van der Waals surface area contributed by atoms with Crippen molar-refractivity contribution in [2.45, 2.75) is 13.5 Å². The van der Waals surface area contributed by atoms with Gasteiger partial charge in [-0.25, -0.2) is 0 Å². The predicted molar refractivity (Wildman–Crippen MR) is 123 cm³/mol. The predicted octanol–water partition coefficient (Wildman–Crippen LogP) is 2.95. The van der Waals surface area contributed by atoms with E-state index >= 15 is 0 Å². The molecule has 1 amide bonds. The number of carbonyl (C=O) groups excluding carboxylic acids is 1. The van der Waals surface area contributed by atoms with Crippen LogP contribution in [-0.2, 0) is 18.4 Å². The van der Waals surface area contributed by atoms with E-state index in [-0.39, 0.29) is 11.5 Å². The fraction of sp³-hybridized carbons (Fsp3) is 0.391. The molecule has 0 N–H and O–H groups in total. The van der Waals surface area contributed by atoms with E-state index in [9.17, 15) is 9.59 Å². The van der Waals surface area contributed by atoms with Gasteiger partial charge in [-0.1, -0.05) is 6.07 Å². The Labute approximate surface area is 185 Å². The van der Waals surface area contributed by atoms with Crippen molar-refractivity contribution in [3.8, 4) is 22.6 Å². The van der Waals surface area contributed by atoms with Crippen LogP contribution in [0.25, 0.3) is 21.2 Å². The quantitative estimate of drug-likeness (QED) is 0.609. The molecule has 7 nitrogen and oxygen atoms in total. The third-order valence-electron chi connectivity index (χ3n) is 5.79. The SMILES string of the molecule is COc1ccc(-c2cn(C)c(=O)c3cc(CN4CCN(C(C)=O)CC4)sc23)cc1OC. The molecule has 2 aromatic heterocycles. The molecular weight excluding hydrogens is 414 g/mol. The Kier molecular flexibility index (Phi) is 6.02. The van der Waals surface area contributed by atoms with Crippen LogP contribution in [0.4, 0.5) is 0 Å². The van der Waals surface area contributed by atoms with Crippen molar-refractivity contribution in [3.63, 3.8) is 0 Å². The number of nitrogens with zero attached hydrogens (tertiary/aromatic N) is 3. The largest absolute Gasteiger partial charge is 0.493 e. The minimum absolute atomic E-state index is 0.00289. The number of aromatic nitrogens is 1. The molecule has 0 unspecified atom stereocenters. The first kappa shape index (κ1) is 21.4. The van der Waals surface area contributed by atoms with Crippen molar-refractivity contribution in [1.82, 2.24) is 14.4 Å². The zero-order chi connectivity index (χ0) is 22.1. The van der Waals surface area contributed by atoms with E-state index < -0.39 is 0 Å². The number of methoxy groups -OCH3 is 2. The first-order valence-corrected chi connectivity index (χ1v) is 11.0. The van der Waals surface area contributed by atoms with Gasteiger partial charge in [0, 0.05) is 68.0 Å². The summed E-state index contributed by atoms with van der Waals surface area (Å²) in [6, 6.07) is 7.83. The number of rotatable bonds is 5. The van der Waals surface area contributed by atoms with E-state index in [2.05, 4.69) is 4.90 Å². The number of amides is 1. The second kappa shape index (κ2) is 8.72. The van der Waals surface area contributed by atoms with Crippen LogP contribution in [0.5, 0.6) is 11.5 Å². The van der Waals surface area contributed by atoms with Crippen molar-refractivity contribution in [3.05, 3.63) is 45.7 Å². The average Bonchev–Trinajstić information content (AvgIpc) is 3.20. The van der Waals surface area contributed by atoms with E-state index in [1.807, 2.05) is 35.4 Å². The van der Waals surface area contributed by atoms with E-state index in [1.165, 1.54) is 0 Å². The van der Waals surface area contributed by atoms with Gasteiger partial charge in [0.2, 0.25) is 5.91 Å². The highest BCUT2D eigenvalue weighted by Gasteiger charge is 2.20. The summed E-state index contributed by atoms with van der Waals surface area (Å²) in [6.07, 6.45) is 1.89. The molecule has 1 fully saturated rings. The van der Waals surface area contributed by atoms with E-state index in [0.29, 0.717) is 11.5 Å². The van der Waals surface area contributed by atoms with Crippen molar-refractivity contribution in [2.75, 3.05) is 40.4 Å². The summed E-state index contributed by atoms with van der Waals surface area (Å²) in [5.41, 5.74) is 1.97. The minimum atomic E-state index is 0.00289. The maximum absolute atomic E-state index is 12.8. The van der Waals surface area contributed by atoms with Gasteiger partial charge in [0.1, 0.15) is 0 Å². The normalized spacial score (nSPS) is 14.8.